The standard InChI is InChI=1S/C13H15N3O2S/c1-9-4-2-3-5-12(9)16-13-7-6-10(8-11(13)14)19(15,17)18/h2-8,16H,14H2,1H3,(H2,15,17,18). The predicted molar refractivity (Wildman–Crippen MR) is 76.7 cm³/mol. The maximum absolute atomic E-state index is 11.2. The Labute approximate surface area is 112 Å². The monoisotopic (exact) mass is 277 g/mol. The first-order chi connectivity index (χ1) is 8.88. The minimum atomic E-state index is -3.73. The van der Waals surface area contributed by atoms with Crippen molar-refractivity contribution in [2.24, 2.45) is 5.14 Å². The van der Waals surface area contributed by atoms with Gasteiger partial charge in [0.25, 0.3) is 0 Å². The Hall–Kier alpha value is -2.05. The SMILES string of the molecule is Cc1ccccc1Nc1ccc(S(N)(=O)=O)cc1N. The minimum Gasteiger partial charge on any atom is -0.397 e. The first kappa shape index (κ1) is 13.4. The maximum atomic E-state index is 11.2. The average molecular weight is 277 g/mol. The van der Waals surface area contributed by atoms with Gasteiger partial charge in [0.2, 0.25) is 10.0 Å². The van der Waals surface area contributed by atoms with Gasteiger partial charge in [0.15, 0.2) is 0 Å². The van der Waals surface area contributed by atoms with Crippen molar-refractivity contribution in [1.82, 2.24) is 0 Å². The lowest BCUT2D eigenvalue weighted by Gasteiger charge is -2.12. The van der Waals surface area contributed by atoms with Gasteiger partial charge in [-0.1, -0.05) is 18.2 Å². The molecule has 0 amide bonds. The van der Waals surface area contributed by atoms with Crippen molar-refractivity contribution < 1.29 is 8.42 Å². The fourth-order valence-electron chi connectivity index (χ4n) is 1.69. The molecule has 0 aliphatic carbocycles. The molecule has 2 aromatic carbocycles. The van der Waals surface area contributed by atoms with Crippen LogP contribution >= 0.6 is 0 Å². The van der Waals surface area contributed by atoms with Crippen molar-refractivity contribution in [3.05, 3.63) is 48.0 Å². The van der Waals surface area contributed by atoms with E-state index in [4.69, 9.17) is 10.9 Å². The second-order valence-electron chi connectivity index (χ2n) is 4.23. The molecule has 0 heterocycles. The van der Waals surface area contributed by atoms with Crippen LogP contribution in [0.4, 0.5) is 17.1 Å². The van der Waals surface area contributed by atoms with Gasteiger partial charge in [-0.2, -0.15) is 0 Å². The molecule has 5 N–H and O–H groups in total. The highest BCUT2D eigenvalue weighted by molar-refractivity contribution is 7.89. The first-order valence-corrected chi connectivity index (χ1v) is 7.17. The van der Waals surface area contributed by atoms with Crippen LogP contribution < -0.4 is 16.2 Å². The van der Waals surface area contributed by atoms with Gasteiger partial charge in [-0.15, -0.1) is 0 Å². The van der Waals surface area contributed by atoms with E-state index in [2.05, 4.69) is 5.32 Å². The quantitative estimate of drug-likeness (QED) is 0.747. The second-order valence-corrected chi connectivity index (χ2v) is 5.80. The molecule has 2 rings (SSSR count). The van der Waals surface area contributed by atoms with Crippen LogP contribution in [-0.4, -0.2) is 8.42 Å². The third-order valence-corrected chi connectivity index (χ3v) is 3.68. The van der Waals surface area contributed by atoms with E-state index in [1.54, 1.807) is 6.07 Å². The van der Waals surface area contributed by atoms with Crippen LogP contribution in [0.1, 0.15) is 5.56 Å². The number of benzene rings is 2. The van der Waals surface area contributed by atoms with Crippen LogP contribution in [0.2, 0.25) is 0 Å². The first-order valence-electron chi connectivity index (χ1n) is 5.63. The van der Waals surface area contributed by atoms with Gasteiger partial charge in [-0.25, -0.2) is 13.6 Å². The lowest BCUT2D eigenvalue weighted by molar-refractivity contribution is 0.598. The van der Waals surface area contributed by atoms with Gasteiger partial charge in [-0.05, 0) is 36.8 Å². The van der Waals surface area contributed by atoms with E-state index in [0.29, 0.717) is 11.4 Å². The van der Waals surface area contributed by atoms with Crippen LogP contribution in [0.25, 0.3) is 0 Å². The molecule has 0 aliphatic rings. The molecule has 0 radical (unpaired) electrons. The van der Waals surface area contributed by atoms with Crippen LogP contribution in [0, 0.1) is 6.92 Å². The molecular formula is C13H15N3O2S. The molecule has 0 bridgehead atoms. The zero-order valence-corrected chi connectivity index (χ0v) is 11.2. The average Bonchev–Trinajstić information content (AvgIpc) is 2.33. The number of rotatable bonds is 3. The summed E-state index contributed by atoms with van der Waals surface area (Å²) in [5, 5.41) is 8.21. The maximum Gasteiger partial charge on any atom is 0.238 e. The van der Waals surface area contributed by atoms with Crippen LogP contribution in [0.5, 0.6) is 0 Å². The number of primary sulfonamides is 1. The summed E-state index contributed by atoms with van der Waals surface area (Å²) in [5.41, 5.74) is 8.78. The van der Waals surface area contributed by atoms with Gasteiger partial charge in [0, 0.05) is 5.69 Å². The van der Waals surface area contributed by atoms with Gasteiger partial charge in [0.05, 0.1) is 16.3 Å². The Morgan fingerprint density at radius 3 is 2.32 bits per heavy atom. The topological polar surface area (TPSA) is 98.2 Å². The van der Waals surface area contributed by atoms with E-state index < -0.39 is 10.0 Å². The van der Waals surface area contributed by atoms with Gasteiger partial charge in [-0.3, -0.25) is 0 Å². The summed E-state index contributed by atoms with van der Waals surface area (Å²) in [5.74, 6) is 0. The Balaban J connectivity index is 2.36. The Morgan fingerprint density at radius 1 is 1.05 bits per heavy atom. The van der Waals surface area contributed by atoms with E-state index >= 15 is 0 Å². The van der Waals surface area contributed by atoms with E-state index in [0.717, 1.165) is 11.3 Å². The van der Waals surface area contributed by atoms with E-state index in [-0.39, 0.29) is 4.90 Å². The molecule has 0 atom stereocenters. The van der Waals surface area contributed by atoms with Crippen molar-refractivity contribution in [2.75, 3.05) is 11.1 Å². The highest BCUT2D eigenvalue weighted by Crippen LogP contribution is 2.26. The Morgan fingerprint density at radius 2 is 1.74 bits per heavy atom. The molecule has 0 aromatic heterocycles. The number of hydrogen-bond donors (Lipinski definition) is 3. The summed E-state index contributed by atoms with van der Waals surface area (Å²) in [6.45, 7) is 1.97. The fraction of sp³-hybridized carbons (Fsp3) is 0.0769. The summed E-state index contributed by atoms with van der Waals surface area (Å²) in [7, 11) is -3.73. The number of nitrogens with two attached hydrogens (primary N) is 2. The van der Waals surface area contributed by atoms with Crippen molar-refractivity contribution >= 4 is 27.1 Å². The number of anilines is 3. The smallest absolute Gasteiger partial charge is 0.238 e. The molecule has 0 saturated carbocycles. The molecule has 0 saturated heterocycles. The third-order valence-electron chi connectivity index (χ3n) is 2.77. The lowest BCUT2D eigenvalue weighted by Crippen LogP contribution is -2.12. The molecule has 6 heteroatoms. The van der Waals surface area contributed by atoms with Crippen LogP contribution in [-0.2, 0) is 10.0 Å². The highest BCUT2D eigenvalue weighted by Gasteiger charge is 2.10. The normalized spacial score (nSPS) is 11.3. The molecule has 5 nitrogen and oxygen atoms in total. The fourth-order valence-corrected chi connectivity index (χ4v) is 2.24. The number of sulfonamides is 1. The molecule has 0 aliphatic heterocycles. The van der Waals surface area contributed by atoms with E-state index in [1.165, 1.54) is 12.1 Å². The Kier molecular flexibility index (Phi) is 3.46. The molecule has 2 aromatic rings. The molecule has 0 unspecified atom stereocenters. The van der Waals surface area contributed by atoms with E-state index in [9.17, 15) is 8.42 Å². The van der Waals surface area contributed by atoms with Gasteiger partial charge in [0.1, 0.15) is 0 Å². The minimum absolute atomic E-state index is 0.000309. The van der Waals surface area contributed by atoms with Crippen molar-refractivity contribution in [3.8, 4) is 0 Å². The van der Waals surface area contributed by atoms with Crippen molar-refractivity contribution in [3.63, 3.8) is 0 Å². The number of nitrogens with one attached hydrogen (secondary N) is 1. The number of hydrogen-bond acceptors (Lipinski definition) is 4. The molecule has 100 valence electrons. The number of aryl methyl sites for hydroxylation is 1. The molecule has 19 heavy (non-hydrogen) atoms. The molecule has 0 fully saturated rings. The zero-order chi connectivity index (χ0) is 14.0. The van der Waals surface area contributed by atoms with Gasteiger partial charge < -0.3 is 11.1 Å². The summed E-state index contributed by atoms with van der Waals surface area (Å²) in [4.78, 5) is 0.000309. The van der Waals surface area contributed by atoms with Gasteiger partial charge >= 0.3 is 0 Å². The van der Waals surface area contributed by atoms with Crippen LogP contribution in [0.3, 0.4) is 0 Å². The lowest BCUT2D eigenvalue weighted by atomic mass is 10.2. The largest absolute Gasteiger partial charge is 0.397 e. The summed E-state index contributed by atoms with van der Waals surface area (Å²) in [6, 6.07) is 12.1. The highest BCUT2D eigenvalue weighted by atomic mass is 32.2. The molecular weight excluding hydrogens is 262 g/mol. The second kappa shape index (κ2) is 4.91. The van der Waals surface area contributed by atoms with Crippen LogP contribution in [0.15, 0.2) is 47.4 Å². The third kappa shape index (κ3) is 3.04. The summed E-state index contributed by atoms with van der Waals surface area (Å²) >= 11 is 0. The molecule has 0 spiro atoms. The van der Waals surface area contributed by atoms with Crippen molar-refractivity contribution in [2.45, 2.75) is 11.8 Å². The summed E-state index contributed by atoms with van der Waals surface area (Å²) < 4.78 is 22.4. The van der Waals surface area contributed by atoms with Crippen molar-refractivity contribution in [1.29, 1.82) is 0 Å². The van der Waals surface area contributed by atoms with E-state index in [1.807, 2.05) is 31.2 Å². The number of nitrogen functional groups attached to an aromatic ring is 1. The Bertz CT molecular complexity index is 712. The predicted octanol–water partition coefficient (Wildman–Crippen LogP) is 1.97. The summed E-state index contributed by atoms with van der Waals surface area (Å²) in [6.07, 6.45) is 0. The number of para-hydroxylation sites is 1. The zero-order valence-electron chi connectivity index (χ0n) is 10.4.